The second-order valence-corrected chi connectivity index (χ2v) is 5.55. The second-order valence-electron chi connectivity index (χ2n) is 5.11. The van der Waals surface area contributed by atoms with Gasteiger partial charge in [0.1, 0.15) is 6.04 Å². The molecule has 2 amide bonds. The lowest BCUT2D eigenvalue weighted by atomic mass is 10.0. The number of carbonyl (C=O) groups excluding carboxylic acids is 2. The quantitative estimate of drug-likeness (QED) is 0.918. The number of hydrogen-bond donors (Lipinski definition) is 1. The van der Waals surface area contributed by atoms with Crippen LogP contribution in [0.4, 0.5) is 0 Å². The highest BCUT2D eigenvalue weighted by Gasteiger charge is 2.34. The van der Waals surface area contributed by atoms with Crippen molar-refractivity contribution >= 4 is 23.4 Å². The highest BCUT2D eigenvalue weighted by molar-refractivity contribution is 6.30. The summed E-state index contributed by atoms with van der Waals surface area (Å²) in [5, 5.41) is 3.40. The highest BCUT2D eigenvalue weighted by atomic mass is 35.5. The first-order valence-electron chi connectivity index (χ1n) is 6.30. The molecule has 0 aliphatic carbocycles. The van der Waals surface area contributed by atoms with Gasteiger partial charge in [-0.2, -0.15) is 0 Å². The molecule has 0 spiro atoms. The summed E-state index contributed by atoms with van der Waals surface area (Å²) >= 11 is 5.83. The summed E-state index contributed by atoms with van der Waals surface area (Å²) in [6.07, 6.45) is 0. The fraction of sp³-hybridized carbons (Fsp3) is 0.429. The first-order valence-corrected chi connectivity index (χ1v) is 6.68. The molecule has 0 aromatic heterocycles. The van der Waals surface area contributed by atoms with Crippen LogP contribution in [0.5, 0.6) is 0 Å². The van der Waals surface area contributed by atoms with E-state index in [9.17, 15) is 9.59 Å². The normalized spacial score (nSPS) is 19.8. The van der Waals surface area contributed by atoms with Crippen LogP contribution >= 0.6 is 11.6 Å². The average Bonchev–Trinajstić information content (AvgIpc) is 2.35. The van der Waals surface area contributed by atoms with Gasteiger partial charge in [-0.3, -0.25) is 9.59 Å². The van der Waals surface area contributed by atoms with Crippen LogP contribution in [0, 0.1) is 5.92 Å². The Morgan fingerprint density at radius 1 is 1.32 bits per heavy atom. The molecule has 0 saturated carbocycles. The van der Waals surface area contributed by atoms with Crippen molar-refractivity contribution in [1.29, 1.82) is 0 Å². The average molecular weight is 281 g/mol. The van der Waals surface area contributed by atoms with Crippen LogP contribution in [0.1, 0.15) is 19.4 Å². The van der Waals surface area contributed by atoms with E-state index in [1.165, 1.54) is 0 Å². The molecule has 1 aromatic rings. The van der Waals surface area contributed by atoms with Crippen molar-refractivity contribution < 1.29 is 9.59 Å². The molecule has 1 saturated heterocycles. The number of amides is 2. The molecule has 0 bridgehead atoms. The molecule has 19 heavy (non-hydrogen) atoms. The third kappa shape index (κ3) is 3.26. The van der Waals surface area contributed by atoms with Crippen molar-refractivity contribution in [3.05, 3.63) is 34.9 Å². The van der Waals surface area contributed by atoms with E-state index in [2.05, 4.69) is 5.32 Å². The monoisotopic (exact) mass is 280 g/mol. The van der Waals surface area contributed by atoms with E-state index in [-0.39, 0.29) is 24.3 Å². The van der Waals surface area contributed by atoms with Crippen molar-refractivity contribution in [2.45, 2.75) is 26.4 Å². The van der Waals surface area contributed by atoms with Crippen LogP contribution in [0.2, 0.25) is 5.02 Å². The first-order chi connectivity index (χ1) is 8.97. The molecular formula is C14H17ClN2O2. The molecular weight excluding hydrogens is 264 g/mol. The van der Waals surface area contributed by atoms with E-state index in [0.717, 1.165) is 5.56 Å². The number of piperazine rings is 1. The molecule has 0 radical (unpaired) electrons. The van der Waals surface area contributed by atoms with E-state index < -0.39 is 6.04 Å². The van der Waals surface area contributed by atoms with Gasteiger partial charge < -0.3 is 10.2 Å². The SMILES string of the molecule is CC(C)C1NC(=O)CN(Cc2ccc(Cl)cc2)C1=O. The molecule has 102 valence electrons. The van der Waals surface area contributed by atoms with Gasteiger partial charge in [0.05, 0.1) is 6.54 Å². The minimum Gasteiger partial charge on any atom is -0.343 e. The third-order valence-electron chi connectivity index (χ3n) is 3.18. The molecule has 1 heterocycles. The second kappa shape index (κ2) is 5.61. The third-order valence-corrected chi connectivity index (χ3v) is 3.43. The minimum absolute atomic E-state index is 0.0236. The summed E-state index contributed by atoms with van der Waals surface area (Å²) in [7, 11) is 0. The number of halogens is 1. The summed E-state index contributed by atoms with van der Waals surface area (Å²) in [5.74, 6) is -0.0405. The Morgan fingerprint density at radius 3 is 2.53 bits per heavy atom. The lowest BCUT2D eigenvalue weighted by molar-refractivity contribution is -0.146. The van der Waals surface area contributed by atoms with Gasteiger partial charge in [-0.1, -0.05) is 37.6 Å². The first kappa shape index (κ1) is 13.9. The largest absolute Gasteiger partial charge is 0.343 e. The maximum Gasteiger partial charge on any atom is 0.246 e. The Labute approximate surface area is 117 Å². The van der Waals surface area contributed by atoms with E-state index in [1.807, 2.05) is 26.0 Å². The maximum absolute atomic E-state index is 12.3. The Bertz CT molecular complexity index is 485. The van der Waals surface area contributed by atoms with Crippen molar-refractivity contribution in [3.8, 4) is 0 Å². The van der Waals surface area contributed by atoms with Gasteiger partial charge in [-0.05, 0) is 23.6 Å². The molecule has 1 aliphatic heterocycles. The molecule has 1 fully saturated rings. The maximum atomic E-state index is 12.3. The molecule has 1 aliphatic rings. The minimum atomic E-state index is -0.423. The van der Waals surface area contributed by atoms with E-state index in [4.69, 9.17) is 11.6 Å². The van der Waals surface area contributed by atoms with Gasteiger partial charge in [0.15, 0.2) is 0 Å². The lowest BCUT2D eigenvalue weighted by Crippen LogP contribution is -2.59. The zero-order valence-electron chi connectivity index (χ0n) is 11.0. The van der Waals surface area contributed by atoms with E-state index >= 15 is 0 Å². The summed E-state index contributed by atoms with van der Waals surface area (Å²) in [4.78, 5) is 25.5. The lowest BCUT2D eigenvalue weighted by Gasteiger charge is -2.34. The van der Waals surface area contributed by atoms with Gasteiger partial charge in [0, 0.05) is 11.6 Å². The summed E-state index contributed by atoms with van der Waals surface area (Å²) in [6.45, 7) is 4.40. The molecule has 1 aromatic carbocycles. The number of nitrogens with zero attached hydrogens (tertiary/aromatic N) is 1. The van der Waals surface area contributed by atoms with Crippen LogP contribution in [0.15, 0.2) is 24.3 Å². The Morgan fingerprint density at radius 2 is 1.95 bits per heavy atom. The molecule has 1 atom stereocenters. The number of benzene rings is 1. The van der Waals surface area contributed by atoms with Crippen LogP contribution in [0.25, 0.3) is 0 Å². The van der Waals surface area contributed by atoms with Crippen LogP contribution in [0.3, 0.4) is 0 Å². The van der Waals surface area contributed by atoms with Crippen molar-refractivity contribution in [3.63, 3.8) is 0 Å². The standard InChI is InChI=1S/C14H17ClN2O2/c1-9(2)13-14(19)17(8-12(18)16-13)7-10-3-5-11(15)6-4-10/h3-6,9,13H,7-8H2,1-2H3,(H,16,18). The van der Waals surface area contributed by atoms with Crippen molar-refractivity contribution in [2.24, 2.45) is 5.92 Å². The smallest absolute Gasteiger partial charge is 0.246 e. The fourth-order valence-corrected chi connectivity index (χ4v) is 2.25. The van der Waals surface area contributed by atoms with Gasteiger partial charge in [0.25, 0.3) is 0 Å². The Hall–Kier alpha value is -1.55. The molecule has 4 nitrogen and oxygen atoms in total. The molecule has 1 N–H and O–H groups in total. The predicted octanol–water partition coefficient (Wildman–Crippen LogP) is 1.82. The van der Waals surface area contributed by atoms with E-state index in [0.29, 0.717) is 11.6 Å². The van der Waals surface area contributed by atoms with Gasteiger partial charge in [-0.25, -0.2) is 0 Å². The molecule has 2 rings (SSSR count). The zero-order valence-corrected chi connectivity index (χ0v) is 11.8. The number of nitrogens with one attached hydrogen (secondary N) is 1. The van der Waals surface area contributed by atoms with Gasteiger partial charge >= 0.3 is 0 Å². The van der Waals surface area contributed by atoms with Crippen molar-refractivity contribution in [2.75, 3.05) is 6.54 Å². The Kier molecular flexibility index (Phi) is 4.10. The number of hydrogen-bond acceptors (Lipinski definition) is 2. The Balaban J connectivity index is 2.12. The number of carbonyl (C=O) groups is 2. The summed E-state index contributed by atoms with van der Waals surface area (Å²) < 4.78 is 0. The van der Waals surface area contributed by atoms with E-state index in [1.54, 1.807) is 17.0 Å². The topological polar surface area (TPSA) is 49.4 Å². The predicted molar refractivity (Wildman–Crippen MR) is 73.6 cm³/mol. The fourth-order valence-electron chi connectivity index (χ4n) is 2.12. The highest BCUT2D eigenvalue weighted by Crippen LogP contribution is 2.15. The van der Waals surface area contributed by atoms with Gasteiger partial charge in [-0.15, -0.1) is 0 Å². The van der Waals surface area contributed by atoms with Crippen molar-refractivity contribution in [1.82, 2.24) is 10.2 Å². The summed E-state index contributed by atoms with van der Waals surface area (Å²) in [6, 6.07) is 6.88. The van der Waals surface area contributed by atoms with Crippen LogP contribution < -0.4 is 5.32 Å². The zero-order chi connectivity index (χ0) is 14.0. The summed E-state index contributed by atoms with van der Waals surface area (Å²) in [5.41, 5.74) is 0.968. The van der Waals surface area contributed by atoms with Crippen LogP contribution in [-0.4, -0.2) is 29.3 Å². The molecule has 1 unspecified atom stereocenters. The number of rotatable bonds is 3. The van der Waals surface area contributed by atoms with Gasteiger partial charge in [0.2, 0.25) is 11.8 Å². The van der Waals surface area contributed by atoms with Crippen LogP contribution in [-0.2, 0) is 16.1 Å². The molecule has 5 heteroatoms.